The van der Waals surface area contributed by atoms with Crippen LogP contribution in [0.15, 0.2) is 51.4 Å². The van der Waals surface area contributed by atoms with Crippen LogP contribution in [0.4, 0.5) is 6.01 Å². The number of anilines is 1. The first kappa shape index (κ1) is 15.4. The number of hydrogen-bond donors (Lipinski definition) is 1. The zero-order valence-corrected chi connectivity index (χ0v) is 14.2. The summed E-state index contributed by atoms with van der Waals surface area (Å²) in [6, 6.07) is 13.2. The quantitative estimate of drug-likeness (QED) is 0.742. The van der Waals surface area contributed by atoms with Crippen molar-refractivity contribution in [3.05, 3.63) is 63.6 Å². The Hall–Kier alpha value is -2.47. The van der Waals surface area contributed by atoms with Crippen molar-refractivity contribution in [2.45, 2.75) is 13.8 Å². The van der Waals surface area contributed by atoms with E-state index in [-0.39, 0.29) is 11.9 Å². The fourth-order valence-electron chi connectivity index (χ4n) is 2.24. The van der Waals surface area contributed by atoms with E-state index in [9.17, 15) is 4.79 Å². The van der Waals surface area contributed by atoms with E-state index in [1.807, 2.05) is 50.2 Å². The van der Waals surface area contributed by atoms with E-state index in [1.165, 1.54) is 0 Å². The Bertz CT molecular complexity index is 874. The maximum absolute atomic E-state index is 12.3. The molecule has 116 valence electrons. The van der Waals surface area contributed by atoms with Crippen molar-refractivity contribution in [1.82, 2.24) is 10.2 Å². The van der Waals surface area contributed by atoms with Gasteiger partial charge in [-0.3, -0.25) is 10.1 Å². The first-order valence-electron chi connectivity index (χ1n) is 7.01. The molecule has 0 bridgehead atoms. The lowest BCUT2D eigenvalue weighted by Crippen LogP contribution is -2.13. The van der Waals surface area contributed by atoms with E-state index in [1.54, 1.807) is 6.07 Å². The van der Waals surface area contributed by atoms with E-state index in [4.69, 9.17) is 4.42 Å². The molecule has 0 radical (unpaired) electrons. The maximum Gasteiger partial charge on any atom is 0.322 e. The van der Waals surface area contributed by atoms with Crippen LogP contribution in [-0.4, -0.2) is 16.1 Å². The summed E-state index contributed by atoms with van der Waals surface area (Å²) in [4.78, 5) is 12.3. The molecule has 0 saturated carbocycles. The Morgan fingerprint density at radius 2 is 1.96 bits per heavy atom. The smallest absolute Gasteiger partial charge is 0.322 e. The van der Waals surface area contributed by atoms with Gasteiger partial charge in [0.2, 0.25) is 5.89 Å². The molecule has 0 fully saturated rings. The number of aromatic nitrogens is 2. The summed E-state index contributed by atoms with van der Waals surface area (Å²) in [5.41, 5.74) is 3.36. The second-order valence-electron chi connectivity index (χ2n) is 5.20. The van der Waals surface area contributed by atoms with Crippen LogP contribution in [0.1, 0.15) is 21.5 Å². The number of carbonyl (C=O) groups excluding carboxylic acids is 1. The Labute approximate surface area is 141 Å². The van der Waals surface area contributed by atoms with Gasteiger partial charge in [0.05, 0.1) is 0 Å². The molecule has 6 heteroatoms. The lowest BCUT2D eigenvalue weighted by molar-refractivity contribution is 0.102. The summed E-state index contributed by atoms with van der Waals surface area (Å²) in [5, 5.41) is 10.5. The number of carbonyl (C=O) groups is 1. The van der Waals surface area contributed by atoms with Crippen LogP contribution in [-0.2, 0) is 0 Å². The van der Waals surface area contributed by atoms with Crippen molar-refractivity contribution in [3.8, 4) is 11.5 Å². The third-order valence-corrected chi connectivity index (χ3v) is 3.84. The van der Waals surface area contributed by atoms with Crippen molar-refractivity contribution in [2.24, 2.45) is 0 Å². The molecule has 0 unspecified atom stereocenters. The second kappa shape index (κ2) is 6.34. The van der Waals surface area contributed by atoms with Crippen molar-refractivity contribution in [1.29, 1.82) is 0 Å². The number of aryl methyl sites for hydroxylation is 2. The van der Waals surface area contributed by atoms with Crippen LogP contribution >= 0.6 is 15.9 Å². The van der Waals surface area contributed by atoms with Crippen LogP contribution in [0.5, 0.6) is 0 Å². The number of halogens is 1. The number of benzene rings is 2. The molecule has 23 heavy (non-hydrogen) atoms. The standard InChI is InChI=1S/C17H14BrN3O2/c1-10-6-7-14(11(2)8-10)15(22)19-17-21-20-16(23-17)12-4-3-5-13(18)9-12/h3-9H,1-2H3,(H,19,21,22). The van der Waals surface area contributed by atoms with E-state index in [0.29, 0.717) is 11.5 Å². The normalized spacial score (nSPS) is 10.6. The van der Waals surface area contributed by atoms with E-state index in [2.05, 4.69) is 31.4 Å². The van der Waals surface area contributed by atoms with Crippen LogP contribution in [0, 0.1) is 13.8 Å². The van der Waals surface area contributed by atoms with Crippen LogP contribution in [0.25, 0.3) is 11.5 Å². The van der Waals surface area contributed by atoms with Gasteiger partial charge in [-0.25, -0.2) is 0 Å². The number of hydrogen-bond acceptors (Lipinski definition) is 4. The summed E-state index contributed by atoms with van der Waals surface area (Å²) < 4.78 is 6.42. The minimum absolute atomic E-state index is 0.0740. The molecule has 2 aromatic carbocycles. The molecular weight excluding hydrogens is 358 g/mol. The molecule has 1 N–H and O–H groups in total. The van der Waals surface area contributed by atoms with Gasteiger partial charge in [-0.1, -0.05) is 44.8 Å². The van der Waals surface area contributed by atoms with Gasteiger partial charge in [-0.2, -0.15) is 0 Å². The van der Waals surface area contributed by atoms with Crippen molar-refractivity contribution < 1.29 is 9.21 Å². The highest BCUT2D eigenvalue weighted by Gasteiger charge is 2.14. The van der Waals surface area contributed by atoms with Crippen LogP contribution < -0.4 is 5.32 Å². The average molecular weight is 372 g/mol. The molecular formula is C17H14BrN3O2. The lowest BCUT2D eigenvalue weighted by atomic mass is 10.1. The highest BCUT2D eigenvalue weighted by molar-refractivity contribution is 9.10. The summed E-state index contributed by atoms with van der Waals surface area (Å²) in [7, 11) is 0. The number of nitrogens with zero attached hydrogens (tertiary/aromatic N) is 2. The first-order valence-corrected chi connectivity index (χ1v) is 7.80. The lowest BCUT2D eigenvalue weighted by Gasteiger charge is -2.05. The monoisotopic (exact) mass is 371 g/mol. The van der Waals surface area contributed by atoms with Gasteiger partial charge in [0, 0.05) is 15.6 Å². The molecule has 0 atom stereocenters. The molecule has 0 aliphatic rings. The molecule has 1 aromatic heterocycles. The zero-order chi connectivity index (χ0) is 16.4. The zero-order valence-electron chi connectivity index (χ0n) is 12.6. The summed E-state index contributed by atoms with van der Waals surface area (Å²) in [6.45, 7) is 3.87. The predicted octanol–water partition coefficient (Wildman–Crippen LogP) is 4.37. The highest BCUT2D eigenvalue weighted by atomic mass is 79.9. The average Bonchev–Trinajstić information content (AvgIpc) is 2.95. The van der Waals surface area contributed by atoms with Gasteiger partial charge in [-0.15, -0.1) is 5.10 Å². The number of amides is 1. The van der Waals surface area contributed by atoms with E-state index in [0.717, 1.165) is 21.2 Å². The van der Waals surface area contributed by atoms with Gasteiger partial charge in [-0.05, 0) is 43.7 Å². The topological polar surface area (TPSA) is 68.0 Å². The van der Waals surface area contributed by atoms with Crippen LogP contribution in [0.3, 0.4) is 0 Å². The first-order chi connectivity index (χ1) is 11.0. The van der Waals surface area contributed by atoms with Gasteiger partial charge < -0.3 is 4.42 Å². The third-order valence-electron chi connectivity index (χ3n) is 3.34. The van der Waals surface area contributed by atoms with Crippen LogP contribution in [0.2, 0.25) is 0 Å². The number of rotatable bonds is 3. The SMILES string of the molecule is Cc1ccc(C(=O)Nc2nnc(-c3cccc(Br)c3)o2)c(C)c1. The fourth-order valence-corrected chi connectivity index (χ4v) is 2.64. The van der Waals surface area contributed by atoms with Crippen molar-refractivity contribution in [3.63, 3.8) is 0 Å². The molecule has 5 nitrogen and oxygen atoms in total. The fraction of sp³-hybridized carbons (Fsp3) is 0.118. The third kappa shape index (κ3) is 3.48. The van der Waals surface area contributed by atoms with Gasteiger partial charge >= 0.3 is 6.01 Å². The molecule has 1 heterocycles. The summed E-state index contributed by atoms with van der Waals surface area (Å²) in [6.07, 6.45) is 0. The summed E-state index contributed by atoms with van der Waals surface area (Å²) >= 11 is 3.39. The Morgan fingerprint density at radius 1 is 1.13 bits per heavy atom. The van der Waals surface area contributed by atoms with Crippen molar-refractivity contribution in [2.75, 3.05) is 5.32 Å². The molecule has 1 amide bonds. The summed E-state index contributed by atoms with van der Waals surface area (Å²) in [5.74, 6) is 0.0779. The highest BCUT2D eigenvalue weighted by Crippen LogP contribution is 2.23. The molecule has 0 saturated heterocycles. The maximum atomic E-state index is 12.3. The number of nitrogens with one attached hydrogen (secondary N) is 1. The minimum atomic E-state index is -0.271. The van der Waals surface area contributed by atoms with Gasteiger partial charge in [0.25, 0.3) is 5.91 Å². The minimum Gasteiger partial charge on any atom is -0.403 e. The van der Waals surface area contributed by atoms with Gasteiger partial charge in [0.1, 0.15) is 0 Å². The second-order valence-corrected chi connectivity index (χ2v) is 6.11. The van der Waals surface area contributed by atoms with E-state index >= 15 is 0 Å². The largest absolute Gasteiger partial charge is 0.403 e. The Kier molecular flexibility index (Phi) is 4.25. The van der Waals surface area contributed by atoms with Crippen molar-refractivity contribution >= 4 is 27.9 Å². The molecule has 0 aliphatic heterocycles. The Balaban J connectivity index is 1.80. The molecule has 3 aromatic rings. The van der Waals surface area contributed by atoms with E-state index < -0.39 is 0 Å². The molecule has 0 aliphatic carbocycles. The molecule has 0 spiro atoms. The predicted molar refractivity (Wildman–Crippen MR) is 91.3 cm³/mol. The molecule has 3 rings (SSSR count). The van der Waals surface area contributed by atoms with Gasteiger partial charge in [0.15, 0.2) is 0 Å². The Morgan fingerprint density at radius 3 is 2.70 bits per heavy atom.